The van der Waals surface area contributed by atoms with Crippen molar-refractivity contribution >= 4 is 15.8 Å². The van der Waals surface area contributed by atoms with Crippen molar-refractivity contribution in [2.45, 2.75) is 13.8 Å². The van der Waals surface area contributed by atoms with Gasteiger partial charge in [-0.3, -0.25) is 4.79 Å². The number of hydrogen-bond donors (Lipinski definition) is 1. The van der Waals surface area contributed by atoms with Gasteiger partial charge in [0.15, 0.2) is 9.84 Å². The molecule has 0 radical (unpaired) electrons. The molecule has 0 aliphatic carbocycles. The third kappa shape index (κ3) is 6.85. The molecular weight excluding hydrogens is 206 g/mol. The summed E-state index contributed by atoms with van der Waals surface area (Å²) >= 11 is 0. The monoisotopic (exact) mass is 223 g/mol. The number of carbonyl (C=O) groups excluding carboxylic acids is 1. The van der Waals surface area contributed by atoms with Crippen molar-refractivity contribution < 1.29 is 17.9 Å². The molecule has 14 heavy (non-hydrogen) atoms. The molecule has 5 nitrogen and oxygen atoms in total. The van der Waals surface area contributed by atoms with Gasteiger partial charge in [-0.15, -0.1) is 0 Å². The van der Waals surface area contributed by atoms with Gasteiger partial charge in [-0.1, -0.05) is 6.92 Å². The van der Waals surface area contributed by atoms with E-state index < -0.39 is 21.6 Å². The van der Waals surface area contributed by atoms with E-state index in [2.05, 4.69) is 10.1 Å². The van der Waals surface area contributed by atoms with Crippen LogP contribution < -0.4 is 5.32 Å². The minimum absolute atomic E-state index is 0.0281. The minimum atomic E-state index is -3.31. The molecule has 0 saturated carbocycles. The number of esters is 1. The maximum Gasteiger partial charge on any atom is 0.321 e. The largest absolute Gasteiger partial charge is 0.465 e. The molecular formula is C8H17NO4S. The summed E-state index contributed by atoms with van der Waals surface area (Å²) in [6.07, 6.45) is 0. The van der Waals surface area contributed by atoms with E-state index in [1.54, 1.807) is 6.92 Å². The predicted octanol–water partition coefficient (Wildman–Crippen LogP) is -0.426. The fraction of sp³-hybridized carbons (Fsp3) is 0.875. The summed E-state index contributed by atoms with van der Waals surface area (Å²) < 4.78 is 27.0. The summed E-state index contributed by atoms with van der Waals surface area (Å²) in [6.45, 7) is 4.83. The summed E-state index contributed by atoms with van der Waals surface area (Å²) in [5.74, 6) is -1.23. The maximum atomic E-state index is 11.2. The van der Waals surface area contributed by atoms with Crippen molar-refractivity contribution in [2.75, 3.05) is 31.2 Å². The van der Waals surface area contributed by atoms with Crippen molar-refractivity contribution in [1.82, 2.24) is 5.32 Å². The first-order valence-corrected chi connectivity index (χ1v) is 6.40. The Bertz CT molecular complexity index is 261. The molecule has 0 bridgehead atoms. The minimum Gasteiger partial charge on any atom is -0.465 e. The van der Waals surface area contributed by atoms with Crippen LogP contribution in [0.3, 0.4) is 0 Å². The van der Waals surface area contributed by atoms with Gasteiger partial charge in [0.05, 0.1) is 12.4 Å². The second kappa shape index (κ2) is 6.78. The third-order valence-corrected chi connectivity index (χ3v) is 2.98. The molecule has 0 heterocycles. The first-order valence-electron chi connectivity index (χ1n) is 4.58. The molecule has 0 rings (SSSR count). The number of carbonyl (C=O) groups is 1. The van der Waals surface area contributed by atoms with Crippen LogP contribution in [0.2, 0.25) is 0 Å². The molecule has 0 aromatic rings. The van der Waals surface area contributed by atoms with Gasteiger partial charge >= 0.3 is 5.97 Å². The van der Waals surface area contributed by atoms with Crippen LogP contribution in [0.25, 0.3) is 0 Å². The number of nitrogens with one attached hydrogen (secondary N) is 1. The Morgan fingerprint density at radius 1 is 1.36 bits per heavy atom. The molecule has 6 heteroatoms. The van der Waals surface area contributed by atoms with Gasteiger partial charge in [-0.05, 0) is 13.5 Å². The Morgan fingerprint density at radius 3 is 2.50 bits per heavy atom. The molecule has 0 aromatic heterocycles. The summed E-state index contributed by atoms with van der Waals surface area (Å²) in [4.78, 5) is 10.9. The molecule has 0 amide bonds. The molecule has 0 fully saturated rings. The Kier molecular flexibility index (Phi) is 6.48. The van der Waals surface area contributed by atoms with E-state index in [0.29, 0.717) is 6.54 Å². The Labute approximate surface area is 84.7 Å². The molecule has 0 spiro atoms. The zero-order valence-corrected chi connectivity index (χ0v) is 9.39. The van der Waals surface area contributed by atoms with E-state index >= 15 is 0 Å². The molecule has 0 aromatic carbocycles. The molecule has 0 aliphatic heterocycles. The van der Waals surface area contributed by atoms with Crippen molar-refractivity contribution in [3.8, 4) is 0 Å². The van der Waals surface area contributed by atoms with Gasteiger partial charge in [-0.2, -0.15) is 0 Å². The lowest BCUT2D eigenvalue weighted by Gasteiger charge is -2.04. The maximum absolute atomic E-state index is 11.2. The first kappa shape index (κ1) is 13.4. The number of hydrogen-bond acceptors (Lipinski definition) is 5. The topological polar surface area (TPSA) is 72.5 Å². The molecule has 0 aliphatic rings. The smallest absolute Gasteiger partial charge is 0.321 e. The van der Waals surface area contributed by atoms with E-state index in [1.807, 2.05) is 6.92 Å². The van der Waals surface area contributed by atoms with Crippen LogP contribution in [0.4, 0.5) is 0 Å². The fourth-order valence-corrected chi connectivity index (χ4v) is 1.90. The van der Waals surface area contributed by atoms with E-state index in [1.165, 1.54) is 0 Å². The summed E-state index contributed by atoms with van der Waals surface area (Å²) in [5, 5.41) is 2.88. The zero-order chi connectivity index (χ0) is 11.0. The van der Waals surface area contributed by atoms with Crippen LogP contribution in [0.5, 0.6) is 0 Å². The van der Waals surface area contributed by atoms with E-state index in [0.717, 1.165) is 6.54 Å². The van der Waals surface area contributed by atoms with Crippen molar-refractivity contribution in [3.05, 3.63) is 0 Å². The lowest BCUT2D eigenvalue weighted by atomic mass is 10.7. The highest BCUT2D eigenvalue weighted by molar-refractivity contribution is 7.92. The van der Waals surface area contributed by atoms with Crippen LogP contribution >= 0.6 is 0 Å². The zero-order valence-electron chi connectivity index (χ0n) is 8.58. The summed E-state index contributed by atoms with van der Waals surface area (Å²) in [6, 6.07) is 0. The van der Waals surface area contributed by atoms with E-state index in [-0.39, 0.29) is 12.4 Å². The number of ether oxygens (including phenoxy) is 1. The highest BCUT2D eigenvalue weighted by Gasteiger charge is 2.16. The molecule has 1 N–H and O–H groups in total. The average Bonchev–Trinajstić information content (AvgIpc) is 2.03. The molecule has 0 unspecified atom stereocenters. The molecule has 84 valence electrons. The van der Waals surface area contributed by atoms with Crippen molar-refractivity contribution in [2.24, 2.45) is 0 Å². The van der Waals surface area contributed by atoms with Crippen LogP contribution in [-0.2, 0) is 19.4 Å². The second-order valence-corrected chi connectivity index (χ2v) is 4.93. The van der Waals surface area contributed by atoms with Gasteiger partial charge in [0.25, 0.3) is 0 Å². The highest BCUT2D eigenvalue weighted by Crippen LogP contribution is 1.91. The Morgan fingerprint density at radius 2 is 2.00 bits per heavy atom. The highest BCUT2D eigenvalue weighted by atomic mass is 32.2. The third-order valence-electron chi connectivity index (χ3n) is 1.48. The molecule has 0 saturated heterocycles. The normalized spacial score (nSPS) is 11.3. The van der Waals surface area contributed by atoms with Gasteiger partial charge in [0.1, 0.15) is 5.75 Å². The van der Waals surface area contributed by atoms with Crippen LogP contribution in [0, 0.1) is 0 Å². The van der Waals surface area contributed by atoms with Crippen LogP contribution in [-0.4, -0.2) is 45.6 Å². The Hall–Kier alpha value is -0.620. The van der Waals surface area contributed by atoms with Gasteiger partial charge in [0.2, 0.25) is 0 Å². The lowest BCUT2D eigenvalue weighted by molar-refractivity contribution is -0.139. The predicted molar refractivity (Wildman–Crippen MR) is 53.8 cm³/mol. The van der Waals surface area contributed by atoms with Crippen LogP contribution in [0.1, 0.15) is 13.8 Å². The van der Waals surface area contributed by atoms with E-state index in [4.69, 9.17) is 0 Å². The van der Waals surface area contributed by atoms with Gasteiger partial charge < -0.3 is 10.1 Å². The average molecular weight is 223 g/mol. The number of sulfone groups is 1. The van der Waals surface area contributed by atoms with Crippen molar-refractivity contribution in [3.63, 3.8) is 0 Å². The van der Waals surface area contributed by atoms with Crippen molar-refractivity contribution in [1.29, 1.82) is 0 Å². The molecule has 0 atom stereocenters. The van der Waals surface area contributed by atoms with Gasteiger partial charge in [0, 0.05) is 6.54 Å². The van der Waals surface area contributed by atoms with Gasteiger partial charge in [-0.25, -0.2) is 8.42 Å². The SMILES string of the molecule is CCNCCS(=O)(=O)CC(=O)OCC. The second-order valence-electron chi connectivity index (χ2n) is 2.75. The Balaban J connectivity index is 3.89. The van der Waals surface area contributed by atoms with E-state index in [9.17, 15) is 13.2 Å². The quantitative estimate of drug-likeness (QED) is 0.468. The van der Waals surface area contributed by atoms with Crippen LogP contribution in [0.15, 0.2) is 0 Å². The fourth-order valence-electron chi connectivity index (χ4n) is 0.859. The standard InChI is InChI=1S/C8H17NO4S/c1-3-9-5-6-14(11,12)7-8(10)13-4-2/h9H,3-7H2,1-2H3. The first-order chi connectivity index (χ1) is 6.52. The lowest BCUT2D eigenvalue weighted by Crippen LogP contribution is -2.27. The summed E-state index contributed by atoms with van der Waals surface area (Å²) in [7, 11) is -3.31. The number of rotatable bonds is 7. The summed E-state index contributed by atoms with van der Waals surface area (Å²) in [5.41, 5.74) is 0.